The second-order valence-electron chi connectivity index (χ2n) is 4.76. The van der Waals surface area contributed by atoms with E-state index in [1.54, 1.807) is 0 Å². The Balaban J connectivity index is 1.98. The van der Waals surface area contributed by atoms with Crippen molar-refractivity contribution in [3.63, 3.8) is 0 Å². The van der Waals surface area contributed by atoms with Gasteiger partial charge in [-0.1, -0.05) is 12.1 Å². The first-order valence-electron chi connectivity index (χ1n) is 5.57. The molecule has 82 valence electrons. The molecule has 0 aliphatic heterocycles. The second-order valence-corrected chi connectivity index (χ2v) is 4.76. The van der Waals surface area contributed by atoms with Gasteiger partial charge in [0.1, 0.15) is 0 Å². The monoisotopic (exact) mass is 214 g/mol. The van der Waals surface area contributed by atoms with E-state index < -0.39 is 0 Å². The molecule has 3 heteroatoms. The van der Waals surface area contributed by atoms with Crippen molar-refractivity contribution in [3.05, 3.63) is 36.0 Å². The van der Waals surface area contributed by atoms with Crippen LogP contribution in [0, 0.1) is 0 Å². The summed E-state index contributed by atoms with van der Waals surface area (Å²) in [5.74, 6) is 0.0213. The van der Waals surface area contributed by atoms with Gasteiger partial charge in [-0.05, 0) is 31.9 Å². The van der Waals surface area contributed by atoms with E-state index in [9.17, 15) is 4.79 Å². The molecular weight excluding hydrogens is 200 g/mol. The van der Waals surface area contributed by atoms with E-state index in [1.807, 2.05) is 30.5 Å². The third-order valence-corrected chi connectivity index (χ3v) is 3.25. The van der Waals surface area contributed by atoms with Crippen LogP contribution in [0.5, 0.6) is 0 Å². The first kappa shape index (κ1) is 9.46. The third-order valence-electron chi connectivity index (χ3n) is 3.25. The Morgan fingerprint density at radius 3 is 2.94 bits per heavy atom. The van der Waals surface area contributed by atoms with Gasteiger partial charge < -0.3 is 10.3 Å². The van der Waals surface area contributed by atoms with Gasteiger partial charge in [-0.2, -0.15) is 0 Å². The molecule has 0 spiro atoms. The van der Waals surface area contributed by atoms with Crippen molar-refractivity contribution in [2.75, 3.05) is 0 Å². The highest BCUT2D eigenvalue weighted by molar-refractivity contribution is 6.06. The van der Waals surface area contributed by atoms with E-state index in [0.717, 1.165) is 29.3 Å². The number of H-pyrrole nitrogens is 1. The van der Waals surface area contributed by atoms with E-state index in [2.05, 4.69) is 17.2 Å². The zero-order valence-corrected chi connectivity index (χ0v) is 9.21. The lowest BCUT2D eigenvalue weighted by atomic mass is 10.1. The lowest BCUT2D eigenvalue weighted by molar-refractivity contribution is 0.0937. The fourth-order valence-electron chi connectivity index (χ4n) is 1.93. The normalized spacial score (nSPS) is 17.3. The summed E-state index contributed by atoms with van der Waals surface area (Å²) < 4.78 is 0. The van der Waals surface area contributed by atoms with Crippen molar-refractivity contribution in [1.29, 1.82) is 0 Å². The summed E-state index contributed by atoms with van der Waals surface area (Å²) in [5.41, 5.74) is 1.69. The number of para-hydroxylation sites is 1. The van der Waals surface area contributed by atoms with Gasteiger partial charge in [-0.15, -0.1) is 0 Å². The average molecular weight is 214 g/mol. The van der Waals surface area contributed by atoms with Gasteiger partial charge in [0.05, 0.1) is 11.1 Å². The summed E-state index contributed by atoms with van der Waals surface area (Å²) in [6.07, 6.45) is 4.03. The minimum absolute atomic E-state index is 0.0213. The fraction of sp³-hybridized carbons (Fsp3) is 0.308. The van der Waals surface area contributed by atoms with Crippen molar-refractivity contribution in [2.24, 2.45) is 0 Å². The molecule has 0 bridgehead atoms. The number of rotatable bonds is 2. The van der Waals surface area contributed by atoms with Crippen LogP contribution in [0.1, 0.15) is 30.1 Å². The van der Waals surface area contributed by atoms with Crippen LogP contribution in [0.4, 0.5) is 0 Å². The Labute approximate surface area is 93.9 Å². The van der Waals surface area contributed by atoms with Gasteiger partial charge in [0.2, 0.25) is 0 Å². The first-order valence-corrected chi connectivity index (χ1v) is 5.57. The van der Waals surface area contributed by atoms with E-state index >= 15 is 0 Å². The highest BCUT2D eigenvalue weighted by Crippen LogP contribution is 2.34. The van der Waals surface area contributed by atoms with Crippen LogP contribution >= 0.6 is 0 Å². The van der Waals surface area contributed by atoms with Gasteiger partial charge in [-0.3, -0.25) is 4.79 Å². The molecule has 2 aromatic rings. The molecule has 2 N–H and O–H groups in total. The molecule has 0 saturated heterocycles. The van der Waals surface area contributed by atoms with E-state index in [0.29, 0.717) is 0 Å². The van der Waals surface area contributed by atoms with Crippen LogP contribution in [0.3, 0.4) is 0 Å². The summed E-state index contributed by atoms with van der Waals surface area (Å²) in [7, 11) is 0. The predicted octanol–water partition coefficient (Wildman–Crippen LogP) is 2.45. The van der Waals surface area contributed by atoms with Gasteiger partial charge in [0, 0.05) is 17.1 Å². The molecule has 1 amide bonds. The number of amides is 1. The number of carbonyl (C=O) groups excluding carboxylic acids is 1. The molecule has 16 heavy (non-hydrogen) atoms. The Hall–Kier alpha value is -1.77. The molecule has 1 fully saturated rings. The van der Waals surface area contributed by atoms with Gasteiger partial charge in [0.25, 0.3) is 5.91 Å². The standard InChI is InChI=1S/C13H14N2O/c1-13(6-7-13)15-12(16)10-4-2-3-9-5-8-14-11(9)10/h2-5,8,14H,6-7H2,1H3,(H,15,16). The fourth-order valence-corrected chi connectivity index (χ4v) is 1.93. The summed E-state index contributed by atoms with van der Waals surface area (Å²) in [6.45, 7) is 2.08. The SMILES string of the molecule is CC1(NC(=O)c2cccc3cc[nH]c23)CC1. The number of nitrogens with one attached hydrogen (secondary N) is 2. The van der Waals surface area contributed by atoms with Gasteiger partial charge in [-0.25, -0.2) is 0 Å². The van der Waals surface area contributed by atoms with E-state index in [1.165, 1.54) is 0 Å². The van der Waals surface area contributed by atoms with Crippen molar-refractivity contribution in [2.45, 2.75) is 25.3 Å². The van der Waals surface area contributed by atoms with Crippen molar-refractivity contribution in [3.8, 4) is 0 Å². The van der Waals surface area contributed by atoms with Crippen molar-refractivity contribution < 1.29 is 4.79 Å². The van der Waals surface area contributed by atoms with Crippen molar-refractivity contribution in [1.82, 2.24) is 10.3 Å². The average Bonchev–Trinajstić information content (AvgIpc) is 2.81. The summed E-state index contributed by atoms with van der Waals surface area (Å²) in [5, 5.41) is 4.15. The Bertz CT molecular complexity index is 552. The van der Waals surface area contributed by atoms with E-state index in [4.69, 9.17) is 0 Å². The van der Waals surface area contributed by atoms with Crippen LogP contribution in [0.15, 0.2) is 30.5 Å². The molecule has 1 aromatic carbocycles. The molecule has 3 nitrogen and oxygen atoms in total. The highest BCUT2D eigenvalue weighted by Gasteiger charge is 2.39. The summed E-state index contributed by atoms with van der Waals surface area (Å²) in [4.78, 5) is 15.2. The third kappa shape index (κ3) is 1.48. The first-order chi connectivity index (χ1) is 7.68. The zero-order valence-electron chi connectivity index (χ0n) is 9.21. The number of fused-ring (bicyclic) bond motifs is 1. The Morgan fingerprint density at radius 1 is 1.38 bits per heavy atom. The lowest BCUT2D eigenvalue weighted by Crippen LogP contribution is -2.34. The lowest BCUT2D eigenvalue weighted by Gasteiger charge is -2.11. The predicted molar refractivity (Wildman–Crippen MR) is 63.4 cm³/mol. The van der Waals surface area contributed by atoms with Crippen LogP contribution in [-0.4, -0.2) is 16.4 Å². The van der Waals surface area contributed by atoms with Crippen LogP contribution in [-0.2, 0) is 0 Å². The van der Waals surface area contributed by atoms with Crippen LogP contribution < -0.4 is 5.32 Å². The molecule has 0 radical (unpaired) electrons. The maximum absolute atomic E-state index is 12.1. The maximum Gasteiger partial charge on any atom is 0.253 e. The molecule has 3 rings (SSSR count). The topological polar surface area (TPSA) is 44.9 Å². The quantitative estimate of drug-likeness (QED) is 0.792. The molecular formula is C13H14N2O. The highest BCUT2D eigenvalue weighted by atomic mass is 16.1. The van der Waals surface area contributed by atoms with Crippen molar-refractivity contribution >= 4 is 16.8 Å². The molecule has 0 unspecified atom stereocenters. The minimum Gasteiger partial charge on any atom is -0.361 e. The Morgan fingerprint density at radius 2 is 2.19 bits per heavy atom. The maximum atomic E-state index is 12.1. The Kier molecular flexibility index (Phi) is 1.84. The molecule has 1 saturated carbocycles. The van der Waals surface area contributed by atoms with Crippen LogP contribution in [0.2, 0.25) is 0 Å². The summed E-state index contributed by atoms with van der Waals surface area (Å²) >= 11 is 0. The van der Waals surface area contributed by atoms with Gasteiger partial charge in [0.15, 0.2) is 0 Å². The van der Waals surface area contributed by atoms with E-state index in [-0.39, 0.29) is 11.4 Å². The number of benzene rings is 1. The molecule has 1 aromatic heterocycles. The zero-order chi connectivity index (χ0) is 11.2. The minimum atomic E-state index is 0.0213. The van der Waals surface area contributed by atoms with Gasteiger partial charge >= 0.3 is 0 Å². The second kappa shape index (κ2) is 3.11. The number of hydrogen-bond acceptors (Lipinski definition) is 1. The largest absolute Gasteiger partial charge is 0.361 e. The number of aromatic amines is 1. The molecule has 1 aliphatic carbocycles. The molecule has 0 atom stereocenters. The molecule has 1 aliphatic rings. The summed E-state index contributed by atoms with van der Waals surface area (Å²) in [6, 6.07) is 7.76. The smallest absolute Gasteiger partial charge is 0.253 e. The number of aromatic nitrogens is 1. The van der Waals surface area contributed by atoms with Crippen LogP contribution in [0.25, 0.3) is 10.9 Å². The molecule has 1 heterocycles. The number of hydrogen-bond donors (Lipinski definition) is 2. The number of carbonyl (C=O) groups is 1.